The number of aryl methyl sites for hydroxylation is 1. The minimum atomic E-state index is -0.380. The summed E-state index contributed by atoms with van der Waals surface area (Å²) >= 11 is 5.83. The molecule has 0 atom stereocenters. The van der Waals surface area contributed by atoms with E-state index in [0.717, 1.165) is 0 Å². The zero-order valence-corrected chi connectivity index (χ0v) is 10.3. The Morgan fingerprint density at radius 1 is 1.50 bits per heavy atom. The molecule has 0 aliphatic heterocycles. The summed E-state index contributed by atoms with van der Waals surface area (Å²) in [5, 5.41) is 16.0. The number of benzene rings is 1. The largest absolute Gasteiger partial charge is 0.319 e. The minimum absolute atomic E-state index is 0.279. The van der Waals surface area contributed by atoms with Crippen molar-refractivity contribution in [2.45, 2.75) is 0 Å². The van der Waals surface area contributed by atoms with Crippen LogP contribution < -0.4 is 5.32 Å². The van der Waals surface area contributed by atoms with Crippen LogP contribution in [0.5, 0.6) is 0 Å². The molecule has 90 valence electrons. The van der Waals surface area contributed by atoms with Crippen molar-refractivity contribution >= 4 is 23.2 Å². The Bertz CT molecular complexity index is 642. The van der Waals surface area contributed by atoms with E-state index >= 15 is 0 Å². The Labute approximate surface area is 109 Å². The zero-order valence-electron chi connectivity index (χ0n) is 9.51. The Balaban J connectivity index is 2.27. The van der Waals surface area contributed by atoms with Crippen molar-refractivity contribution in [3.05, 3.63) is 46.7 Å². The fraction of sp³-hybridized carbons (Fsp3) is 0.0833. The third kappa shape index (κ3) is 2.50. The van der Waals surface area contributed by atoms with Gasteiger partial charge in [0.25, 0.3) is 5.91 Å². The lowest BCUT2D eigenvalue weighted by atomic mass is 10.2. The number of aromatic nitrogens is 2. The van der Waals surface area contributed by atoms with E-state index < -0.39 is 0 Å². The lowest BCUT2D eigenvalue weighted by Gasteiger charge is -2.05. The van der Waals surface area contributed by atoms with Crippen molar-refractivity contribution in [3.63, 3.8) is 0 Å². The molecule has 1 heterocycles. The topological polar surface area (TPSA) is 70.7 Å². The van der Waals surface area contributed by atoms with E-state index in [0.29, 0.717) is 16.3 Å². The van der Waals surface area contributed by atoms with Gasteiger partial charge in [0.15, 0.2) is 5.69 Å². The smallest absolute Gasteiger partial charge is 0.276 e. The van der Waals surface area contributed by atoms with E-state index in [1.165, 1.54) is 10.7 Å². The minimum Gasteiger partial charge on any atom is -0.319 e. The van der Waals surface area contributed by atoms with Crippen LogP contribution in [0, 0.1) is 11.3 Å². The third-order valence-electron chi connectivity index (χ3n) is 2.30. The van der Waals surface area contributed by atoms with Crippen LogP contribution in [-0.2, 0) is 7.05 Å². The highest BCUT2D eigenvalue weighted by Crippen LogP contribution is 2.20. The first kappa shape index (κ1) is 12.1. The van der Waals surface area contributed by atoms with Crippen molar-refractivity contribution in [3.8, 4) is 6.07 Å². The number of anilines is 1. The highest BCUT2D eigenvalue weighted by atomic mass is 35.5. The van der Waals surface area contributed by atoms with Crippen LogP contribution in [0.25, 0.3) is 0 Å². The van der Waals surface area contributed by atoms with Crippen LogP contribution in [0.2, 0.25) is 5.02 Å². The first-order valence-electron chi connectivity index (χ1n) is 5.11. The van der Waals surface area contributed by atoms with Gasteiger partial charge in [-0.2, -0.15) is 10.4 Å². The van der Waals surface area contributed by atoms with Crippen molar-refractivity contribution in [1.82, 2.24) is 9.78 Å². The van der Waals surface area contributed by atoms with Gasteiger partial charge >= 0.3 is 0 Å². The Hall–Kier alpha value is -2.32. The molecule has 1 amide bonds. The predicted molar refractivity (Wildman–Crippen MR) is 67.3 cm³/mol. The average Bonchev–Trinajstić information content (AvgIpc) is 2.76. The molecule has 0 bridgehead atoms. The van der Waals surface area contributed by atoms with Gasteiger partial charge in [-0.05, 0) is 24.3 Å². The number of nitrogens with one attached hydrogen (secondary N) is 1. The maximum absolute atomic E-state index is 11.9. The van der Waals surface area contributed by atoms with Crippen LogP contribution in [-0.4, -0.2) is 15.7 Å². The molecule has 2 aromatic rings. The molecule has 18 heavy (non-hydrogen) atoms. The number of amides is 1. The van der Waals surface area contributed by atoms with Crippen LogP contribution in [0.1, 0.15) is 16.1 Å². The highest BCUT2D eigenvalue weighted by molar-refractivity contribution is 6.31. The number of hydrogen-bond donors (Lipinski definition) is 1. The molecule has 1 N–H and O–H groups in total. The summed E-state index contributed by atoms with van der Waals surface area (Å²) in [5.41, 5.74) is 1.01. The van der Waals surface area contributed by atoms with Gasteiger partial charge in [0, 0.05) is 18.3 Å². The van der Waals surface area contributed by atoms with Gasteiger partial charge in [-0.15, -0.1) is 0 Å². The van der Waals surface area contributed by atoms with Gasteiger partial charge in [-0.25, -0.2) is 0 Å². The standard InChI is InChI=1S/C12H9ClN4O/c1-17-5-4-10(16-17)12(18)15-11-6-9(13)3-2-8(11)7-14/h2-6H,1H3,(H,15,18). The second-order valence-corrected chi connectivity index (χ2v) is 4.07. The molecule has 1 aromatic carbocycles. The molecular formula is C12H9ClN4O. The molecule has 0 saturated carbocycles. The van der Waals surface area contributed by atoms with E-state index in [1.807, 2.05) is 6.07 Å². The van der Waals surface area contributed by atoms with Crippen LogP contribution in [0.15, 0.2) is 30.5 Å². The van der Waals surface area contributed by atoms with Crippen molar-refractivity contribution in [2.75, 3.05) is 5.32 Å². The number of nitrogens with zero attached hydrogens (tertiary/aromatic N) is 3. The number of carbonyl (C=O) groups is 1. The number of nitriles is 1. The Kier molecular flexibility index (Phi) is 3.31. The van der Waals surface area contributed by atoms with E-state index in [-0.39, 0.29) is 11.6 Å². The van der Waals surface area contributed by atoms with Gasteiger partial charge in [0.2, 0.25) is 0 Å². The lowest BCUT2D eigenvalue weighted by molar-refractivity contribution is 0.102. The van der Waals surface area contributed by atoms with Gasteiger partial charge in [0.05, 0.1) is 11.3 Å². The average molecular weight is 261 g/mol. The molecule has 6 heteroatoms. The maximum Gasteiger partial charge on any atom is 0.276 e. The second kappa shape index (κ2) is 4.90. The number of hydrogen-bond acceptors (Lipinski definition) is 3. The highest BCUT2D eigenvalue weighted by Gasteiger charge is 2.11. The Morgan fingerprint density at radius 3 is 2.89 bits per heavy atom. The van der Waals surface area contributed by atoms with E-state index in [9.17, 15) is 4.79 Å². The molecule has 0 unspecified atom stereocenters. The van der Waals surface area contributed by atoms with Crippen molar-refractivity contribution in [2.24, 2.45) is 7.05 Å². The first-order valence-corrected chi connectivity index (χ1v) is 5.48. The lowest BCUT2D eigenvalue weighted by Crippen LogP contribution is -2.14. The van der Waals surface area contributed by atoms with E-state index in [1.54, 1.807) is 31.4 Å². The number of rotatable bonds is 2. The van der Waals surface area contributed by atoms with Gasteiger partial charge in [-0.1, -0.05) is 11.6 Å². The molecule has 0 radical (unpaired) electrons. The van der Waals surface area contributed by atoms with Crippen LogP contribution in [0.3, 0.4) is 0 Å². The second-order valence-electron chi connectivity index (χ2n) is 3.63. The van der Waals surface area contributed by atoms with Crippen molar-refractivity contribution < 1.29 is 4.79 Å². The molecule has 0 spiro atoms. The summed E-state index contributed by atoms with van der Waals surface area (Å²) in [7, 11) is 1.72. The summed E-state index contributed by atoms with van der Waals surface area (Å²) in [6.07, 6.45) is 1.66. The van der Waals surface area contributed by atoms with Gasteiger partial charge < -0.3 is 5.32 Å². The molecule has 0 aliphatic carbocycles. The summed E-state index contributed by atoms with van der Waals surface area (Å²) in [4.78, 5) is 11.9. The van der Waals surface area contributed by atoms with Crippen molar-refractivity contribution in [1.29, 1.82) is 5.26 Å². The molecule has 1 aromatic heterocycles. The molecule has 0 saturated heterocycles. The first-order chi connectivity index (χ1) is 8.60. The summed E-state index contributed by atoms with van der Waals surface area (Å²) in [5.74, 6) is -0.380. The molecule has 0 fully saturated rings. The molecule has 5 nitrogen and oxygen atoms in total. The summed E-state index contributed by atoms with van der Waals surface area (Å²) in [6.45, 7) is 0. The normalized spacial score (nSPS) is 9.83. The molecular weight excluding hydrogens is 252 g/mol. The number of halogens is 1. The van der Waals surface area contributed by atoms with Gasteiger partial charge in [0.1, 0.15) is 6.07 Å². The predicted octanol–water partition coefficient (Wildman–Crippen LogP) is 2.20. The SMILES string of the molecule is Cn1ccc(C(=O)Nc2cc(Cl)ccc2C#N)n1. The number of carbonyl (C=O) groups excluding carboxylic acids is 1. The fourth-order valence-electron chi connectivity index (χ4n) is 1.44. The molecule has 2 rings (SSSR count). The van der Waals surface area contributed by atoms with Crippen LogP contribution in [0.4, 0.5) is 5.69 Å². The maximum atomic E-state index is 11.9. The van der Waals surface area contributed by atoms with Crippen LogP contribution >= 0.6 is 11.6 Å². The van der Waals surface area contributed by atoms with E-state index in [2.05, 4.69) is 10.4 Å². The Morgan fingerprint density at radius 2 is 2.28 bits per heavy atom. The van der Waals surface area contributed by atoms with Gasteiger partial charge in [-0.3, -0.25) is 9.48 Å². The van der Waals surface area contributed by atoms with E-state index in [4.69, 9.17) is 16.9 Å². The summed E-state index contributed by atoms with van der Waals surface area (Å²) < 4.78 is 1.53. The zero-order chi connectivity index (χ0) is 13.1. The quantitative estimate of drug-likeness (QED) is 0.900. The fourth-order valence-corrected chi connectivity index (χ4v) is 1.61. The summed E-state index contributed by atoms with van der Waals surface area (Å²) in [6, 6.07) is 8.25. The third-order valence-corrected chi connectivity index (χ3v) is 2.53. The monoisotopic (exact) mass is 260 g/mol. The molecule has 0 aliphatic rings.